The molecule has 0 heterocycles. The van der Waals surface area contributed by atoms with Gasteiger partial charge in [-0.1, -0.05) is 12.2 Å². The van der Waals surface area contributed by atoms with Crippen LogP contribution >= 0.6 is 20.0 Å². The third kappa shape index (κ3) is 5.73. The number of hydrogen-bond donors (Lipinski definition) is 5. The number of carbonyl (C=O) groups excluding carboxylic acids is 1. The Bertz CT molecular complexity index is 301. The van der Waals surface area contributed by atoms with Crippen LogP contribution < -0.4 is 0 Å². The number of aliphatic hydroxyl groups is 3. The molecule has 16 heavy (non-hydrogen) atoms. The van der Waals surface area contributed by atoms with E-state index in [1.54, 1.807) is 0 Å². The second kappa shape index (κ2) is 6.48. The molecule has 0 aliphatic rings. The number of phosphoric acid groups is 1. The molecule has 94 valence electrons. The smallest absolute Gasteiger partial charge is 0.387 e. The number of thiocarbonyl (C=S) groups is 1. The van der Waals surface area contributed by atoms with Crippen LogP contribution in [-0.4, -0.2) is 61.2 Å². The molecule has 0 rings (SSSR count). The molecule has 3 atom stereocenters. The number of carbonyl (C=O) groups is 1. The van der Waals surface area contributed by atoms with E-state index in [1.807, 2.05) is 0 Å². The summed E-state index contributed by atoms with van der Waals surface area (Å²) in [6.45, 7) is -1.09. The summed E-state index contributed by atoms with van der Waals surface area (Å²) in [7, 11) is -4.82. The molecule has 8 nitrogen and oxygen atoms in total. The molecule has 1 unspecified atom stereocenters. The molecule has 0 saturated heterocycles. The van der Waals surface area contributed by atoms with Crippen LogP contribution in [0.3, 0.4) is 0 Å². The first-order valence-electron chi connectivity index (χ1n) is 3.91. The van der Waals surface area contributed by atoms with Crippen molar-refractivity contribution < 1.29 is 39.0 Å². The van der Waals surface area contributed by atoms with Crippen LogP contribution in [0.25, 0.3) is 0 Å². The molecular weight excluding hydrogens is 263 g/mol. The van der Waals surface area contributed by atoms with Crippen molar-refractivity contribution in [3.8, 4) is 0 Å². The minimum absolute atomic E-state index is 0.727. The molecular formula is C6H11O8PS. The lowest BCUT2D eigenvalue weighted by molar-refractivity contribution is -0.138. The van der Waals surface area contributed by atoms with Crippen LogP contribution in [0, 0.1) is 0 Å². The van der Waals surface area contributed by atoms with Crippen molar-refractivity contribution in [2.24, 2.45) is 0 Å². The zero-order chi connectivity index (χ0) is 12.9. The highest BCUT2D eigenvalue weighted by molar-refractivity contribution is 7.79. The highest BCUT2D eigenvalue weighted by Gasteiger charge is 2.30. The minimum Gasteiger partial charge on any atom is -0.387 e. The summed E-state index contributed by atoms with van der Waals surface area (Å²) < 4.78 is 14.0. The molecule has 5 N–H and O–H groups in total. The summed E-state index contributed by atoms with van der Waals surface area (Å²) in [6, 6.07) is 0. The van der Waals surface area contributed by atoms with Gasteiger partial charge in [0.1, 0.15) is 24.9 Å². The van der Waals surface area contributed by atoms with Crippen molar-refractivity contribution >= 4 is 31.2 Å². The van der Waals surface area contributed by atoms with Gasteiger partial charge in [-0.2, -0.15) is 0 Å². The first kappa shape index (κ1) is 15.8. The maximum absolute atomic E-state index is 11.0. The Balaban J connectivity index is 4.28. The van der Waals surface area contributed by atoms with Gasteiger partial charge in [0.15, 0.2) is 5.78 Å². The van der Waals surface area contributed by atoms with Crippen molar-refractivity contribution in [2.75, 3.05) is 6.61 Å². The van der Waals surface area contributed by atoms with Crippen LogP contribution in [0.2, 0.25) is 0 Å². The second-order valence-electron chi connectivity index (χ2n) is 2.79. The quantitative estimate of drug-likeness (QED) is 0.256. The summed E-state index contributed by atoms with van der Waals surface area (Å²) >= 11 is 4.27. The van der Waals surface area contributed by atoms with E-state index in [1.165, 1.54) is 0 Å². The maximum atomic E-state index is 11.0. The van der Waals surface area contributed by atoms with Gasteiger partial charge in [-0.05, 0) is 0 Å². The summed E-state index contributed by atoms with van der Waals surface area (Å²) in [5.41, 5.74) is 0. The number of hydrogen-bond acceptors (Lipinski definition) is 7. The third-order valence-corrected chi connectivity index (χ3v) is 2.26. The highest BCUT2D eigenvalue weighted by Crippen LogP contribution is 2.35. The largest absolute Gasteiger partial charge is 0.470 e. The highest BCUT2D eigenvalue weighted by atomic mass is 32.1. The second-order valence-corrected chi connectivity index (χ2v) is 4.30. The summed E-state index contributed by atoms with van der Waals surface area (Å²) in [4.78, 5) is 27.5. The lowest BCUT2D eigenvalue weighted by Gasteiger charge is -2.18. The zero-order valence-electron chi connectivity index (χ0n) is 7.83. The van der Waals surface area contributed by atoms with Crippen molar-refractivity contribution in [2.45, 2.75) is 18.3 Å². The molecule has 0 bridgehead atoms. The standard InChI is InChI=1S/C6H11O8PS/c7-3(1-14-15(11,12)13)5(9)6(10)4(8)2-16/h2,4-6,8-10H,1H2,(H2,11,12,13)/t4?,5-,6+/m0/s1. The topological polar surface area (TPSA) is 145 Å². The molecule has 0 fully saturated rings. The van der Waals surface area contributed by atoms with Crippen LogP contribution in [0.15, 0.2) is 0 Å². The number of aliphatic hydroxyl groups excluding tert-OH is 3. The Morgan fingerprint density at radius 2 is 1.88 bits per heavy atom. The molecule has 0 aliphatic heterocycles. The molecule has 0 saturated carbocycles. The van der Waals surface area contributed by atoms with E-state index in [2.05, 4.69) is 16.7 Å². The van der Waals surface area contributed by atoms with Crippen molar-refractivity contribution in [3.63, 3.8) is 0 Å². The summed E-state index contributed by atoms with van der Waals surface area (Å²) in [5.74, 6) is -1.19. The number of rotatable bonds is 7. The van der Waals surface area contributed by atoms with Gasteiger partial charge < -0.3 is 25.1 Å². The van der Waals surface area contributed by atoms with E-state index in [4.69, 9.17) is 25.1 Å². The Morgan fingerprint density at radius 3 is 2.25 bits per heavy atom. The first-order chi connectivity index (χ1) is 7.19. The molecule has 0 aliphatic carbocycles. The molecule has 10 heteroatoms. The van der Waals surface area contributed by atoms with Crippen LogP contribution in [0.5, 0.6) is 0 Å². The molecule has 0 aromatic rings. The van der Waals surface area contributed by atoms with Crippen LogP contribution in [0.4, 0.5) is 0 Å². The van der Waals surface area contributed by atoms with E-state index in [0.717, 1.165) is 5.37 Å². The molecule has 0 spiro atoms. The van der Waals surface area contributed by atoms with Gasteiger partial charge in [-0.25, -0.2) is 4.57 Å². The number of ketones is 1. The average molecular weight is 274 g/mol. The fraction of sp³-hybridized carbons (Fsp3) is 0.667. The average Bonchev–Trinajstić information content (AvgIpc) is 2.21. The fourth-order valence-corrected chi connectivity index (χ4v) is 1.15. The minimum atomic E-state index is -4.82. The summed E-state index contributed by atoms with van der Waals surface area (Å²) in [5, 5.41) is 27.9. The van der Waals surface area contributed by atoms with E-state index in [0.29, 0.717) is 0 Å². The van der Waals surface area contributed by atoms with Crippen LogP contribution in [-0.2, 0) is 13.9 Å². The van der Waals surface area contributed by atoms with E-state index >= 15 is 0 Å². The molecule has 0 radical (unpaired) electrons. The van der Waals surface area contributed by atoms with Gasteiger partial charge in [-0.15, -0.1) is 0 Å². The van der Waals surface area contributed by atoms with Crippen LogP contribution in [0.1, 0.15) is 0 Å². The van der Waals surface area contributed by atoms with Crippen molar-refractivity contribution in [1.82, 2.24) is 0 Å². The number of Topliss-reactive ketones (excluding diaryl/α,β-unsaturated/α-hetero) is 1. The van der Waals surface area contributed by atoms with Gasteiger partial charge in [0, 0.05) is 5.37 Å². The molecule has 0 aromatic heterocycles. The Hall–Kier alpha value is -0.250. The monoisotopic (exact) mass is 274 g/mol. The molecule has 0 aromatic carbocycles. The molecule has 0 amide bonds. The predicted octanol–water partition coefficient (Wildman–Crippen LogP) is -2.25. The Morgan fingerprint density at radius 1 is 1.38 bits per heavy atom. The van der Waals surface area contributed by atoms with Gasteiger partial charge in [0.2, 0.25) is 0 Å². The third-order valence-electron chi connectivity index (χ3n) is 1.52. The van der Waals surface area contributed by atoms with E-state index in [-0.39, 0.29) is 0 Å². The first-order valence-corrected chi connectivity index (χ1v) is 5.91. The maximum Gasteiger partial charge on any atom is 0.470 e. The van der Waals surface area contributed by atoms with Crippen molar-refractivity contribution in [3.05, 3.63) is 0 Å². The van der Waals surface area contributed by atoms with Gasteiger partial charge in [0.05, 0.1) is 0 Å². The zero-order valence-corrected chi connectivity index (χ0v) is 9.54. The lowest BCUT2D eigenvalue weighted by Crippen LogP contribution is -2.43. The Kier molecular flexibility index (Phi) is 6.38. The van der Waals surface area contributed by atoms with Gasteiger partial charge >= 0.3 is 7.82 Å². The van der Waals surface area contributed by atoms with Gasteiger partial charge in [0.25, 0.3) is 0 Å². The normalized spacial score (nSPS) is 17.6. The van der Waals surface area contributed by atoms with E-state index in [9.17, 15) is 9.36 Å². The fourth-order valence-electron chi connectivity index (χ4n) is 0.691. The van der Waals surface area contributed by atoms with Gasteiger partial charge in [-0.3, -0.25) is 9.32 Å². The Labute approximate surface area is 95.7 Å². The number of phosphoric ester groups is 1. The van der Waals surface area contributed by atoms with Crippen molar-refractivity contribution in [1.29, 1.82) is 0 Å². The van der Waals surface area contributed by atoms with E-state index < -0.39 is 38.5 Å². The SMILES string of the molecule is O=C(COP(=O)(O)O)[C@H](O)[C@H](O)C(O)C=S. The lowest BCUT2D eigenvalue weighted by atomic mass is 10.1. The predicted molar refractivity (Wildman–Crippen MR) is 54.7 cm³/mol. The summed E-state index contributed by atoms with van der Waals surface area (Å²) in [6.07, 6.45) is -5.52.